The zero-order valence-corrected chi connectivity index (χ0v) is 24.1. The predicted molar refractivity (Wildman–Crippen MR) is 151 cm³/mol. The van der Waals surface area contributed by atoms with Crippen LogP contribution >= 0.6 is 0 Å². The molecule has 2 aromatic rings. The van der Waals surface area contributed by atoms with Crippen LogP contribution in [0.25, 0.3) is 10.9 Å². The molecule has 1 heterocycles. The van der Waals surface area contributed by atoms with Crippen molar-refractivity contribution in [1.82, 2.24) is 9.47 Å². The molecule has 0 amide bonds. The smallest absolute Gasteiger partial charge is 0.300 e. The molecule has 1 aromatic carbocycles. The molecule has 0 aliphatic heterocycles. The summed E-state index contributed by atoms with van der Waals surface area (Å²) in [6, 6.07) is 6.25. The number of nitrogens with zero attached hydrogens (tertiary/aromatic N) is 2. The van der Waals surface area contributed by atoms with Crippen LogP contribution in [-0.4, -0.2) is 73.1 Å². The van der Waals surface area contributed by atoms with E-state index in [9.17, 15) is 0 Å². The molecule has 212 valence electrons. The summed E-state index contributed by atoms with van der Waals surface area (Å²) >= 11 is 0. The summed E-state index contributed by atoms with van der Waals surface area (Å²) in [6.45, 7) is 17.7. The van der Waals surface area contributed by atoms with Gasteiger partial charge in [0.1, 0.15) is 18.2 Å². The Morgan fingerprint density at radius 1 is 1.22 bits per heavy atom. The van der Waals surface area contributed by atoms with E-state index in [-0.39, 0.29) is 12.6 Å². The molecule has 0 saturated heterocycles. The fraction of sp³-hybridized carbons (Fsp3) is 0.500. The van der Waals surface area contributed by atoms with Crippen LogP contribution in [0.4, 0.5) is 0 Å². The quantitative estimate of drug-likeness (QED) is 0.245. The van der Waals surface area contributed by atoms with E-state index < -0.39 is 5.97 Å². The van der Waals surface area contributed by atoms with E-state index in [2.05, 4.69) is 87.5 Å². The van der Waals surface area contributed by atoms with Crippen molar-refractivity contribution in [2.75, 3.05) is 34.9 Å². The van der Waals surface area contributed by atoms with Crippen LogP contribution in [0.1, 0.15) is 46.6 Å². The van der Waals surface area contributed by atoms with E-state index in [4.69, 9.17) is 29.3 Å². The number of carboxylic acid groups (broad SMARTS) is 2. The number of benzene rings is 1. The number of hydrogen-bond acceptors (Lipinski definition) is 6. The monoisotopic (exact) mass is 524 g/mol. The maximum atomic E-state index is 9.00. The van der Waals surface area contributed by atoms with Gasteiger partial charge in [-0.1, -0.05) is 33.4 Å². The number of methoxy groups -OCH3 is 2. The molecule has 0 aliphatic rings. The van der Waals surface area contributed by atoms with E-state index in [0.29, 0.717) is 12.5 Å². The average Bonchev–Trinajstić information content (AvgIpc) is 3.18. The van der Waals surface area contributed by atoms with Gasteiger partial charge in [0.2, 0.25) is 0 Å². The van der Waals surface area contributed by atoms with Crippen LogP contribution in [0.3, 0.4) is 0 Å². The predicted octanol–water partition coefficient (Wildman–Crippen LogP) is 5.68. The van der Waals surface area contributed by atoms with Crippen molar-refractivity contribution in [3.8, 4) is 5.75 Å². The van der Waals surface area contributed by atoms with Crippen LogP contribution < -0.4 is 4.74 Å². The van der Waals surface area contributed by atoms with Gasteiger partial charge in [0.05, 0.1) is 25.8 Å². The molecule has 9 heteroatoms. The fourth-order valence-electron chi connectivity index (χ4n) is 2.44. The number of likely N-dealkylation sites (N-methyl/N-ethyl adjacent to an activating group) is 1. The topological polar surface area (TPSA) is 110 Å². The molecule has 0 aliphatic carbocycles. The molecule has 0 atom stereocenters. The summed E-state index contributed by atoms with van der Waals surface area (Å²) in [4.78, 5) is 19.6. The molecule has 2 rings (SSSR count). The van der Waals surface area contributed by atoms with Crippen molar-refractivity contribution in [2.45, 2.75) is 60.3 Å². The maximum absolute atomic E-state index is 9.00. The molecular formula is C28H48N2O7. The van der Waals surface area contributed by atoms with Gasteiger partial charge >= 0.3 is 0 Å². The summed E-state index contributed by atoms with van der Waals surface area (Å²) in [6.07, 6.45) is 6.26. The lowest BCUT2D eigenvalue weighted by Gasteiger charge is -2.10. The van der Waals surface area contributed by atoms with Crippen molar-refractivity contribution in [3.63, 3.8) is 0 Å². The highest BCUT2D eigenvalue weighted by Crippen LogP contribution is 2.26. The number of carboxylic acids is 1. The first-order chi connectivity index (χ1) is 17.4. The first-order valence-electron chi connectivity index (χ1n) is 11.9. The third kappa shape index (κ3) is 21.7. The number of aromatic nitrogens is 1. The normalized spacial score (nSPS) is 9.27. The Labute approximate surface area is 222 Å². The summed E-state index contributed by atoms with van der Waals surface area (Å²) in [5, 5.41) is 15.6. The van der Waals surface area contributed by atoms with E-state index in [0.717, 1.165) is 25.6 Å². The highest BCUT2D eigenvalue weighted by atomic mass is 16.5. The molecule has 0 spiro atoms. The van der Waals surface area contributed by atoms with Crippen molar-refractivity contribution in [1.29, 1.82) is 0 Å². The summed E-state index contributed by atoms with van der Waals surface area (Å²) in [7, 11) is 7.46. The summed E-state index contributed by atoms with van der Waals surface area (Å²) in [5.41, 5.74) is 2.53. The number of rotatable bonds is 9. The molecule has 0 bridgehead atoms. The highest BCUT2D eigenvalue weighted by Gasteiger charge is 2.10. The van der Waals surface area contributed by atoms with Crippen LogP contribution in [-0.2, 0) is 32.2 Å². The number of fused-ring (bicyclic) bond motifs is 1. The average molecular weight is 525 g/mol. The highest BCUT2D eigenvalue weighted by molar-refractivity contribution is 5.85. The van der Waals surface area contributed by atoms with Gasteiger partial charge in [-0.2, -0.15) is 0 Å². The minimum absolute atomic E-state index is 0.221. The second-order valence-electron chi connectivity index (χ2n) is 8.11. The standard InChI is InChI=1S/C17H26N2O2.C5H8O.C3H8.C2H4O2.CH2O2/c1-13(2)21-12-19-11-14(8-9-18(3)4)16-7-6-15(20-5)10-17(16)19;1-4-5(2)6-3;1-3-2;1-2(3)4;2-1-3/h6-7,10-11,13H,8-9,12H2,1-5H3;4H,1-2H2,3H3;3H2,1-2H3;1H3,(H,3,4);1H,(H,2,3). The van der Waals surface area contributed by atoms with Crippen LogP contribution in [0.15, 0.2) is 49.4 Å². The minimum atomic E-state index is -0.833. The summed E-state index contributed by atoms with van der Waals surface area (Å²) < 4.78 is 17.9. The lowest BCUT2D eigenvalue weighted by Crippen LogP contribution is -2.14. The number of ether oxygens (including phenoxy) is 3. The molecule has 9 nitrogen and oxygen atoms in total. The molecule has 2 N–H and O–H groups in total. The third-order valence-electron chi connectivity index (χ3n) is 4.04. The lowest BCUT2D eigenvalue weighted by molar-refractivity contribution is -0.134. The minimum Gasteiger partial charge on any atom is -0.497 e. The van der Waals surface area contributed by atoms with Gasteiger partial charge < -0.3 is 33.9 Å². The Kier molecular flexibility index (Phi) is 25.2. The van der Waals surface area contributed by atoms with Gasteiger partial charge in [0.15, 0.2) is 0 Å². The van der Waals surface area contributed by atoms with Gasteiger partial charge in [-0.3, -0.25) is 9.59 Å². The zero-order chi connectivity index (χ0) is 29.4. The number of aliphatic carboxylic acids is 1. The molecule has 0 radical (unpaired) electrons. The zero-order valence-electron chi connectivity index (χ0n) is 24.1. The SMILES string of the molecule is C=CC(=C)OC.CC(=O)O.CCC.COc1ccc2c(CCN(C)C)cn(COC(C)C)c2c1.O=CO. The van der Waals surface area contributed by atoms with Crippen LogP contribution in [0.5, 0.6) is 5.75 Å². The van der Waals surface area contributed by atoms with Gasteiger partial charge in [-0.05, 0) is 58.1 Å². The molecular weight excluding hydrogens is 476 g/mol. The number of carbonyl (C=O) groups is 2. The Hall–Kier alpha value is -3.30. The fourth-order valence-corrected chi connectivity index (χ4v) is 2.44. The Bertz CT molecular complexity index is 886. The molecule has 0 unspecified atom stereocenters. The van der Waals surface area contributed by atoms with Crippen molar-refractivity contribution < 1.29 is 34.0 Å². The van der Waals surface area contributed by atoms with Crippen molar-refractivity contribution >= 4 is 23.3 Å². The molecule has 1 aromatic heterocycles. The van der Waals surface area contributed by atoms with Crippen LogP contribution in [0.2, 0.25) is 0 Å². The van der Waals surface area contributed by atoms with Crippen LogP contribution in [0, 0.1) is 0 Å². The number of hydrogen-bond donors (Lipinski definition) is 2. The first-order valence-corrected chi connectivity index (χ1v) is 11.9. The van der Waals surface area contributed by atoms with Gasteiger partial charge in [-0.25, -0.2) is 0 Å². The Morgan fingerprint density at radius 2 is 1.73 bits per heavy atom. The Morgan fingerprint density at radius 3 is 2.08 bits per heavy atom. The second kappa shape index (κ2) is 24.4. The van der Waals surface area contributed by atoms with E-state index in [1.165, 1.54) is 22.9 Å². The van der Waals surface area contributed by atoms with Gasteiger partial charge in [0, 0.05) is 31.1 Å². The van der Waals surface area contributed by atoms with Crippen molar-refractivity contribution in [2.24, 2.45) is 0 Å². The molecule has 0 fully saturated rings. The summed E-state index contributed by atoms with van der Waals surface area (Å²) in [5.74, 6) is 0.653. The second-order valence-corrected chi connectivity index (χ2v) is 8.11. The van der Waals surface area contributed by atoms with E-state index in [1.807, 2.05) is 6.07 Å². The van der Waals surface area contributed by atoms with E-state index in [1.54, 1.807) is 20.3 Å². The van der Waals surface area contributed by atoms with Crippen molar-refractivity contribution in [3.05, 3.63) is 55.0 Å². The van der Waals surface area contributed by atoms with Gasteiger partial charge in [-0.15, -0.1) is 0 Å². The van der Waals surface area contributed by atoms with E-state index >= 15 is 0 Å². The largest absolute Gasteiger partial charge is 0.497 e. The first kappa shape index (κ1) is 38.2. The lowest BCUT2D eigenvalue weighted by atomic mass is 10.1. The Balaban J connectivity index is -0.000000593. The molecule has 0 saturated carbocycles. The number of allylic oxidation sites excluding steroid dienone is 1. The maximum Gasteiger partial charge on any atom is 0.300 e. The third-order valence-corrected chi connectivity index (χ3v) is 4.04. The van der Waals surface area contributed by atoms with Gasteiger partial charge in [0.25, 0.3) is 12.4 Å². The molecule has 37 heavy (non-hydrogen) atoms.